The lowest BCUT2D eigenvalue weighted by atomic mass is 9.86. The first-order chi connectivity index (χ1) is 21.8. The van der Waals surface area contributed by atoms with Gasteiger partial charge in [0, 0.05) is 22.0 Å². The molecule has 4 aromatic rings. The molecule has 6 rings (SSSR count). The van der Waals surface area contributed by atoms with Crippen molar-refractivity contribution in [3.8, 4) is 12.3 Å². The fourth-order valence-corrected chi connectivity index (χ4v) is 7.39. The normalized spacial score (nSPS) is 16.6. The topological polar surface area (TPSA) is 15.3 Å². The Bertz CT molecular complexity index is 1870. The number of anilines is 3. The quantitative estimate of drug-likeness (QED) is 0.159. The molecule has 4 aromatic carbocycles. The number of nitrogens with one attached hydrogen (secondary N) is 1. The van der Waals surface area contributed by atoms with Gasteiger partial charge in [-0.2, -0.15) is 0 Å². The van der Waals surface area contributed by atoms with Gasteiger partial charge < -0.3 is 10.2 Å². The standard InChI is InChI=1S/C42H40N2S/c1-6-40-38(28-33-29-42(4,5)37-25-17-16-24-36(33)37)44(35-22-14-9-15-23-35)39-27-30(2)26-32(41(39)45-40)19-11-7-10-18-31(3)43-34-20-12-8-13-21-34/h1,8-9,11-28,43H,7,10,29H2,2-5H3/b19-11+,31-18+,33-28+. The molecule has 0 saturated heterocycles. The third kappa shape index (κ3) is 6.58. The predicted molar refractivity (Wildman–Crippen MR) is 196 cm³/mol. The van der Waals surface area contributed by atoms with E-state index in [1.165, 1.54) is 38.4 Å². The van der Waals surface area contributed by atoms with Crippen molar-refractivity contribution in [2.75, 3.05) is 10.2 Å². The third-order valence-electron chi connectivity index (χ3n) is 8.45. The van der Waals surface area contributed by atoms with Crippen LogP contribution in [0.3, 0.4) is 0 Å². The summed E-state index contributed by atoms with van der Waals surface area (Å²) in [5, 5.41) is 3.47. The molecule has 224 valence electrons. The Morgan fingerprint density at radius 2 is 1.67 bits per heavy atom. The van der Waals surface area contributed by atoms with Gasteiger partial charge in [0.2, 0.25) is 0 Å². The van der Waals surface area contributed by atoms with Crippen molar-refractivity contribution in [3.63, 3.8) is 0 Å². The van der Waals surface area contributed by atoms with Crippen molar-refractivity contribution in [3.05, 3.63) is 154 Å². The molecular formula is C42H40N2S. The van der Waals surface area contributed by atoms with Crippen LogP contribution in [0.2, 0.25) is 0 Å². The average Bonchev–Trinajstić information content (AvgIpc) is 3.30. The van der Waals surface area contributed by atoms with Crippen LogP contribution in [0.1, 0.15) is 62.3 Å². The summed E-state index contributed by atoms with van der Waals surface area (Å²) in [6, 6.07) is 34.3. The van der Waals surface area contributed by atoms with E-state index in [0.717, 1.165) is 46.9 Å². The largest absolute Gasteiger partial charge is 0.359 e. The number of thioether (sulfide) groups is 1. The SMILES string of the molecule is C#CC1=C(/C=C2\CC(C)(C)c3ccccc32)N(c2ccccc2)c2cc(C)cc(/C=C/CC/C=C(\C)Nc3ccccc3)c2S1. The van der Waals surface area contributed by atoms with Crippen LogP contribution < -0.4 is 10.2 Å². The van der Waals surface area contributed by atoms with Crippen molar-refractivity contribution in [2.24, 2.45) is 0 Å². The first kappa shape index (κ1) is 30.4. The maximum atomic E-state index is 6.30. The highest BCUT2D eigenvalue weighted by molar-refractivity contribution is 8.03. The molecule has 0 unspecified atom stereocenters. The van der Waals surface area contributed by atoms with Crippen LogP contribution in [0.25, 0.3) is 11.6 Å². The highest BCUT2D eigenvalue weighted by Gasteiger charge is 2.34. The minimum absolute atomic E-state index is 0.0798. The van der Waals surface area contributed by atoms with Gasteiger partial charge in [0.25, 0.3) is 0 Å². The third-order valence-corrected chi connectivity index (χ3v) is 9.63. The van der Waals surface area contributed by atoms with Gasteiger partial charge in [-0.15, -0.1) is 6.42 Å². The zero-order chi connectivity index (χ0) is 31.4. The van der Waals surface area contributed by atoms with E-state index in [-0.39, 0.29) is 5.41 Å². The number of hydrogen-bond donors (Lipinski definition) is 1. The van der Waals surface area contributed by atoms with Crippen LogP contribution in [-0.2, 0) is 5.41 Å². The minimum atomic E-state index is 0.0798. The average molecular weight is 605 g/mol. The summed E-state index contributed by atoms with van der Waals surface area (Å²) in [5.41, 5.74) is 12.2. The van der Waals surface area contributed by atoms with E-state index in [0.29, 0.717) is 0 Å². The van der Waals surface area contributed by atoms with E-state index >= 15 is 0 Å². The number of hydrogen-bond acceptors (Lipinski definition) is 3. The molecule has 45 heavy (non-hydrogen) atoms. The summed E-state index contributed by atoms with van der Waals surface area (Å²) in [6.07, 6.45) is 18.4. The zero-order valence-corrected chi connectivity index (χ0v) is 27.4. The van der Waals surface area contributed by atoms with Gasteiger partial charge >= 0.3 is 0 Å². The van der Waals surface area contributed by atoms with Gasteiger partial charge in [-0.25, -0.2) is 0 Å². The van der Waals surface area contributed by atoms with Crippen LogP contribution >= 0.6 is 11.8 Å². The number of fused-ring (bicyclic) bond motifs is 2. The molecule has 0 fully saturated rings. The summed E-state index contributed by atoms with van der Waals surface area (Å²) < 4.78 is 0. The summed E-state index contributed by atoms with van der Waals surface area (Å²) in [7, 11) is 0. The first-order valence-corrected chi connectivity index (χ1v) is 16.5. The van der Waals surface area contributed by atoms with E-state index in [1.807, 2.05) is 18.2 Å². The number of allylic oxidation sites excluding steroid dienone is 6. The highest BCUT2D eigenvalue weighted by atomic mass is 32.2. The molecule has 0 atom stereocenters. The Balaban J connectivity index is 1.34. The number of terminal acetylenes is 1. The van der Waals surface area contributed by atoms with E-state index in [2.05, 4.69) is 147 Å². The Morgan fingerprint density at radius 3 is 2.42 bits per heavy atom. The summed E-state index contributed by atoms with van der Waals surface area (Å²) in [6.45, 7) is 8.97. The zero-order valence-electron chi connectivity index (χ0n) is 26.6. The van der Waals surface area contributed by atoms with Crippen LogP contribution in [0.4, 0.5) is 17.1 Å². The molecule has 0 aromatic heterocycles. The van der Waals surface area contributed by atoms with E-state index in [9.17, 15) is 0 Å². The molecule has 0 amide bonds. The van der Waals surface area contributed by atoms with Crippen molar-refractivity contribution < 1.29 is 0 Å². The molecule has 1 aliphatic carbocycles. The van der Waals surface area contributed by atoms with E-state index < -0.39 is 0 Å². The minimum Gasteiger partial charge on any atom is -0.359 e. The Labute approximate surface area is 273 Å². The molecule has 0 radical (unpaired) electrons. The fourth-order valence-electron chi connectivity index (χ4n) is 6.38. The molecule has 2 aliphatic rings. The molecule has 0 bridgehead atoms. The monoisotopic (exact) mass is 604 g/mol. The number of aryl methyl sites for hydroxylation is 1. The number of benzene rings is 4. The lowest BCUT2D eigenvalue weighted by molar-refractivity contribution is 0.563. The van der Waals surface area contributed by atoms with Crippen LogP contribution in [-0.4, -0.2) is 0 Å². The Kier molecular flexibility index (Phi) is 8.87. The Hall–Kier alpha value is -4.65. The van der Waals surface area contributed by atoms with Crippen LogP contribution in [0.5, 0.6) is 0 Å². The predicted octanol–water partition coefficient (Wildman–Crippen LogP) is 11.7. The van der Waals surface area contributed by atoms with Gasteiger partial charge in [0.1, 0.15) is 0 Å². The summed E-state index contributed by atoms with van der Waals surface area (Å²) in [5.74, 6) is 3.08. The van der Waals surface area contributed by atoms with Gasteiger partial charge in [0.05, 0.1) is 16.3 Å². The maximum absolute atomic E-state index is 6.30. The van der Waals surface area contributed by atoms with Gasteiger partial charge in [-0.05, 0) is 103 Å². The molecule has 1 aliphatic heterocycles. The molecule has 0 saturated carbocycles. The number of nitrogens with zero attached hydrogens (tertiary/aromatic N) is 1. The second-order valence-corrected chi connectivity index (χ2v) is 13.5. The van der Waals surface area contributed by atoms with Crippen LogP contribution in [0.15, 0.2) is 136 Å². The highest BCUT2D eigenvalue weighted by Crippen LogP contribution is 2.51. The second kappa shape index (κ2) is 13.1. The summed E-state index contributed by atoms with van der Waals surface area (Å²) in [4.78, 5) is 4.50. The fraction of sp³-hybridized carbons (Fsp3) is 0.190. The van der Waals surface area contributed by atoms with Crippen molar-refractivity contribution in [1.29, 1.82) is 0 Å². The van der Waals surface area contributed by atoms with Crippen molar-refractivity contribution in [1.82, 2.24) is 0 Å². The Morgan fingerprint density at radius 1 is 0.956 bits per heavy atom. The molecule has 2 nitrogen and oxygen atoms in total. The molecule has 1 heterocycles. The molecular weight excluding hydrogens is 565 g/mol. The van der Waals surface area contributed by atoms with Gasteiger partial charge in [-0.1, -0.05) is 116 Å². The molecule has 1 N–H and O–H groups in total. The van der Waals surface area contributed by atoms with Gasteiger partial charge in [0.15, 0.2) is 0 Å². The van der Waals surface area contributed by atoms with Crippen LogP contribution in [0, 0.1) is 19.3 Å². The second-order valence-electron chi connectivity index (χ2n) is 12.5. The molecule has 0 spiro atoms. The van der Waals surface area contributed by atoms with Gasteiger partial charge in [-0.3, -0.25) is 0 Å². The molecule has 3 heteroatoms. The smallest absolute Gasteiger partial charge is 0.0860 e. The lowest BCUT2D eigenvalue weighted by Gasteiger charge is -2.34. The van der Waals surface area contributed by atoms with E-state index in [1.54, 1.807) is 11.8 Å². The summed E-state index contributed by atoms with van der Waals surface area (Å²) >= 11 is 1.72. The number of rotatable bonds is 8. The lowest BCUT2D eigenvalue weighted by Crippen LogP contribution is -2.21. The number of para-hydroxylation sites is 2. The first-order valence-electron chi connectivity index (χ1n) is 15.7. The van der Waals surface area contributed by atoms with E-state index in [4.69, 9.17) is 6.42 Å². The maximum Gasteiger partial charge on any atom is 0.0860 e. The van der Waals surface area contributed by atoms with Crippen molar-refractivity contribution in [2.45, 2.75) is 57.3 Å². The number of unbranched alkanes of at least 4 members (excludes halogenated alkanes) is 1. The van der Waals surface area contributed by atoms with Crippen molar-refractivity contribution >= 4 is 40.5 Å².